The Kier molecular flexibility index (Phi) is 2.18. The average molecular weight is 176 g/mol. The summed E-state index contributed by atoms with van der Waals surface area (Å²) in [5, 5.41) is 0. The van der Waals surface area contributed by atoms with E-state index in [0.717, 1.165) is 0 Å². The van der Waals surface area contributed by atoms with Crippen LogP contribution < -0.4 is 0 Å². The summed E-state index contributed by atoms with van der Waals surface area (Å²) in [7, 11) is -3.81. The maximum atomic E-state index is 10.6. The normalized spacial score (nSPS) is 34.9. The van der Waals surface area contributed by atoms with Crippen LogP contribution in [-0.2, 0) is 18.8 Å². The van der Waals surface area contributed by atoms with Crippen LogP contribution >= 0.6 is 0 Å². The summed E-state index contributed by atoms with van der Waals surface area (Å²) in [4.78, 5) is 0. The minimum Gasteiger partial charge on any atom is -0.241 e. The van der Waals surface area contributed by atoms with Crippen molar-refractivity contribution in [3.63, 3.8) is 0 Å². The summed E-state index contributed by atoms with van der Waals surface area (Å²) in [6.45, 7) is 1.78. The van der Waals surface area contributed by atoms with Crippen molar-refractivity contribution in [3.05, 3.63) is 0 Å². The zero-order valence-electron chi connectivity index (χ0n) is 5.98. The molecule has 1 aliphatic heterocycles. The molecule has 1 heterocycles. The van der Waals surface area contributed by atoms with Crippen LogP contribution in [0.5, 0.6) is 0 Å². The number of hydrogen-bond acceptors (Lipinski definition) is 4. The van der Waals surface area contributed by atoms with Crippen molar-refractivity contribution >= 4 is 10.4 Å². The van der Waals surface area contributed by atoms with Crippen LogP contribution in [0, 0.1) is 12.3 Å². The molecule has 5 heteroatoms. The minimum absolute atomic E-state index is 0.522. The molecular formula is C6H8O4S. The van der Waals surface area contributed by atoms with Gasteiger partial charge in [-0.05, 0) is 6.42 Å². The second-order valence-electron chi connectivity index (χ2n) is 2.13. The molecule has 0 amide bonds. The molecule has 0 aromatic carbocycles. The van der Waals surface area contributed by atoms with E-state index in [2.05, 4.69) is 14.3 Å². The Morgan fingerprint density at radius 2 is 2.18 bits per heavy atom. The highest BCUT2D eigenvalue weighted by atomic mass is 32.3. The van der Waals surface area contributed by atoms with Gasteiger partial charge < -0.3 is 0 Å². The number of hydrogen-bond donors (Lipinski definition) is 0. The first-order chi connectivity index (χ1) is 5.09. The predicted octanol–water partition coefficient (Wildman–Crippen LogP) is 0.0584. The topological polar surface area (TPSA) is 52.6 Å². The van der Waals surface area contributed by atoms with Crippen molar-refractivity contribution in [3.8, 4) is 12.3 Å². The molecule has 1 aliphatic rings. The van der Waals surface area contributed by atoms with Gasteiger partial charge in [0.05, 0.1) is 0 Å². The fraction of sp³-hybridized carbons (Fsp3) is 0.667. The van der Waals surface area contributed by atoms with Gasteiger partial charge >= 0.3 is 10.4 Å². The lowest BCUT2D eigenvalue weighted by molar-refractivity contribution is 0.193. The second kappa shape index (κ2) is 2.81. The molecule has 0 spiro atoms. The zero-order valence-corrected chi connectivity index (χ0v) is 6.80. The van der Waals surface area contributed by atoms with Gasteiger partial charge in [0.1, 0.15) is 6.10 Å². The van der Waals surface area contributed by atoms with Gasteiger partial charge in [-0.25, -0.2) is 8.37 Å². The molecule has 2 atom stereocenters. The second-order valence-corrected chi connectivity index (χ2v) is 3.34. The fourth-order valence-electron chi connectivity index (χ4n) is 0.831. The van der Waals surface area contributed by atoms with E-state index in [4.69, 9.17) is 6.42 Å². The van der Waals surface area contributed by atoms with Crippen LogP contribution in [0.2, 0.25) is 0 Å². The van der Waals surface area contributed by atoms with E-state index in [-0.39, 0.29) is 0 Å². The first-order valence-electron chi connectivity index (χ1n) is 3.16. The zero-order chi connectivity index (χ0) is 8.48. The van der Waals surface area contributed by atoms with Crippen molar-refractivity contribution in [2.24, 2.45) is 0 Å². The Morgan fingerprint density at radius 1 is 1.55 bits per heavy atom. The van der Waals surface area contributed by atoms with E-state index in [0.29, 0.717) is 6.42 Å². The summed E-state index contributed by atoms with van der Waals surface area (Å²) >= 11 is 0. The van der Waals surface area contributed by atoms with Gasteiger partial charge in [-0.15, -0.1) is 6.42 Å². The Balaban J connectivity index is 2.80. The van der Waals surface area contributed by atoms with Gasteiger partial charge in [0.25, 0.3) is 0 Å². The van der Waals surface area contributed by atoms with Crippen LogP contribution in [0.4, 0.5) is 0 Å². The van der Waals surface area contributed by atoms with Crippen molar-refractivity contribution < 1.29 is 16.8 Å². The van der Waals surface area contributed by atoms with Gasteiger partial charge in [-0.3, -0.25) is 0 Å². The lowest BCUT2D eigenvalue weighted by atomic mass is 10.2. The molecule has 0 aromatic heterocycles. The quantitative estimate of drug-likeness (QED) is 0.530. The van der Waals surface area contributed by atoms with Gasteiger partial charge in [-0.1, -0.05) is 12.8 Å². The largest absolute Gasteiger partial charge is 0.401 e. The summed E-state index contributed by atoms with van der Waals surface area (Å²) in [6.07, 6.45) is 4.24. The van der Waals surface area contributed by atoms with Gasteiger partial charge in [0, 0.05) is 0 Å². The molecule has 0 saturated carbocycles. The first kappa shape index (κ1) is 8.53. The van der Waals surface area contributed by atoms with Crippen molar-refractivity contribution in [1.82, 2.24) is 0 Å². The van der Waals surface area contributed by atoms with E-state index < -0.39 is 22.6 Å². The standard InChI is InChI=1S/C6H8O4S/c1-3-5-6(4-2)10-11(7,8)9-5/h1,5-6H,4H2,2H3. The smallest absolute Gasteiger partial charge is 0.241 e. The van der Waals surface area contributed by atoms with Crippen molar-refractivity contribution in [1.29, 1.82) is 0 Å². The molecule has 4 nitrogen and oxygen atoms in total. The van der Waals surface area contributed by atoms with Crippen LogP contribution in [-0.4, -0.2) is 20.6 Å². The van der Waals surface area contributed by atoms with E-state index in [1.807, 2.05) is 0 Å². The Bertz CT molecular complexity index is 273. The first-order valence-corrected chi connectivity index (χ1v) is 4.50. The third-order valence-electron chi connectivity index (χ3n) is 1.37. The predicted molar refractivity (Wildman–Crippen MR) is 37.8 cm³/mol. The lowest BCUT2D eigenvalue weighted by Gasteiger charge is -2.03. The van der Waals surface area contributed by atoms with Crippen LogP contribution in [0.15, 0.2) is 0 Å². The molecule has 0 bridgehead atoms. The maximum absolute atomic E-state index is 10.6. The highest BCUT2D eigenvalue weighted by Crippen LogP contribution is 2.21. The van der Waals surface area contributed by atoms with E-state index >= 15 is 0 Å². The van der Waals surface area contributed by atoms with Gasteiger partial charge in [0.2, 0.25) is 0 Å². The molecule has 11 heavy (non-hydrogen) atoms. The third-order valence-corrected chi connectivity index (χ3v) is 2.29. The molecule has 0 aromatic rings. The number of terminal acetylenes is 1. The molecule has 0 N–H and O–H groups in total. The molecule has 1 rings (SSSR count). The maximum Gasteiger partial charge on any atom is 0.401 e. The molecule has 2 unspecified atom stereocenters. The molecular weight excluding hydrogens is 168 g/mol. The number of rotatable bonds is 1. The SMILES string of the molecule is C#CC1OS(=O)(=O)OC1CC. The lowest BCUT2D eigenvalue weighted by Crippen LogP contribution is -2.19. The molecule has 0 radical (unpaired) electrons. The van der Waals surface area contributed by atoms with Crippen molar-refractivity contribution in [2.75, 3.05) is 0 Å². The van der Waals surface area contributed by atoms with Crippen LogP contribution in [0.1, 0.15) is 13.3 Å². The van der Waals surface area contributed by atoms with E-state index in [9.17, 15) is 8.42 Å². The highest BCUT2D eigenvalue weighted by molar-refractivity contribution is 7.82. The van der Waals surface area contributed by atoms with Crippen LogP contribution in [0.3, 0.4) is 0 Å². The van der Waals surface area contributed by atoms with Gasteiger partial charge in [-0.2, -0.15) is 8.42 Å². The summed E-state index contributed by atoms with van der Waals surface area (Å²) in [6, 6.07) is 0. The average Bonchev–Trinajstić information content (AvgIpc) is 2.25. The van der Waals surface area contributed by atoms with E-state index in [1.165, 1.54) is 0 Å². The summed E-state index contributed by atoms with van der Waals surface area (Å²) in [5.41, 5.74) is 0. The highest BCUT2D eigenvalue weighted by Gasteiger charge is 2.37. The molecule has 1 saturated heterocycles. The Morgan fingerprint density at radius 3 is 2.55 bits per heavy atom. The Labute approximate surface area is 65.8 Å². The van der Waals surface area contributed by atoms with Gasteiger partial charge in [0.15, 0.2) is 6.10 Å². The van der Waals surface area contributed by atoms with Crippen LogP contribution in [0.25, 0.3) is 0 Å². The minimum atomic E-state index is -3.81. The third kappa shape index (κ3) is 1.71. The monoisotopic (exact) mass is 176 g/mol. The van der Waals surface area contributed by atoms with E-state index in [1.54, 1.807) is 6.92 Å². The van der Waals surface area contributed by atoms with Crippen molar-refractivity contribution in [2.45, 2.75) is 25.6 Å². The summed E-state index contributed by atoms with van der Waals surface area (Å²) < 4.78 is 30.2. The summed E-state index contributed by atoms with van der Waals surface area (Å²) in [5.74, 6) is 2.19. The molecule has 1 fully saturated rings. The fourth-order valence-corrected chi connectivity index (χ4v) is 1.85. The molecule has 0 aliphatic carbocycles. The Hall–Kier alpha value is -0.570. The molecule has 62 valence electrons.